The third kappa shape index (κ3) is 4.14. The first kappa shape index (κ1) is 19.4. The highest BCUT2D eigenvalue weighted by Gasteiger charge is 2.20. The maximum Gasteiger partial charge on any atom is 0.231 e. The standard InChI is InChI=1S/C19H25ClN6O/c1-4-10-25(12-27)19-23-16(21-11-14-8-6-5-7-9-14)15-17(24-19)26(13(2)3)18(20)22-15/h5-9,13,27H,4,10-12H2,1-3H3,(H,21,23,24). The number of aliphatic hydroxyl groups excluding tert-OH is 1. The number of nitrogens with zero attached hydrogens (tertiary/aromatic N) is 5. The molecule has 27 heavy (non-hydrogen) atoms. The largest absolute Gasteiger partial charge is 0.376 e. The third-order valence-corrected chi connectivity index (χ3v) is 4.52. The molecule has 0 bridgehead atoms. The zero-order valence-electron chi connectivity index (χ0n) is 15.9. The highest BCUT2D eigenvalue weighted by atomic mass is 35.5. The summed E-state index contributed by atoms with van der Waals surface area (Å²) in [6.07, 6.45) is 0.874. The molecule has 0 unspecified atom stereocenters. The van der Waals surface area contributed by atoms with Crippen molar-refractivity contribution in [2.45, 2.75) is 39.8 Å². The van der Waals surface area contributed by atoms with Crippen LogP contribution >= 0.6 is 11.6 Å². The quantitative estimate of drug-likeness (QED) is 0.451. The number of benzene rings is 1. The van der Waals surface area contributed by atoms with E-state index in [2.05, 4.69) is 20.3 Å². The first-order valence-electron chi connectivity index (χ1n) is 9.14. The monoisotopic (exact) mass is 388 g/mol. The first-order chi connectivity index (χ1) is 13.0. The van der Waals surface area contributed by atoms with Crippen molar-refractivity contribution in [3.8, 4) is 0 Å². The van der Waals surface area contributed by atoms with Crippen LogP contribution in [0.5, 0.6) is 0 Å². The van der Waals surface area contributed by atoms with Crippen molar-refractivity contribution in [1.29, 1.82) is 0 Å². The number of anilines is 2. The van der Waals surface area contributed by atoms with Gasteiger partial charge in [-0.1, -0.05) is 37.3 Å². The molecule has 0 spiro atoms. The number of imidazole rings is 1. The normalized spacial score (nSPS) is 11.3. The molecule has 0 saturated carbocycles. The Bertz CT molecular complexity index is 896. The van der Waals surface area contributed by atoms with Crippen molar-refractivity contribution >= 4 is 34.5 Å². The van der Waals surface area contributed by atoms with E-state index in [0.29, 0.717) is 41.3 Å². The molecule has 0 aliphatic rings. The van der Waals surface area contributed by atoms with Crippen molar-refractivity contribution in [2.24, 2.45) is 0 Å². The zero-order chi connectivity index (χ0) is 19.4. The molecule has 0 saturated heterocycles. The molecule has 3 aromatic rings. The van der Waals surface area contributed by atoms with Gasteiger partial charge >= 0.3 is 0 Å². The minimum atomic E-state index is -0.152. The molecule has 0 fully saturated rings. The van der Waals surface area contributed by atoms with Gasteiger partial charge in [0.05, 0.1) is 0 Å². The van der Waals surface area contributed by atoms with Crippen LogP contribution in [-0.2, 0) is 6.54 Å². The van der Waals surface area contributed by atoms with Crippen LogP contribution in [0.3, 0.4) is 0 Å². The fraction of sp³-hybridized carbons (Fsp3) is 0.421. The van der Waals surface area contributed by atoms with Crippen molar-refractivity contribution in [1.82, 2.24) is 19.5 Å². The molecule has 0 aliphatic heterocycles. The van der Waals surface area contributed by atoms with Gasteiger partial charge in [-0.3, -0.25) is 4.57 Å². The van der Waals surface area contributed by atoms with Gasteiger partial charge in [0.25, 0.3) is 0 Å². The number of hydrogen-bond donors (Lipinski definition) is 2. The van der Waals surface area contributed by atoms with E-state index in [9.17, 15) is 5.11 Å². The van der Waals surface area contributed by atoms with Crippen LogP contribution < -0.4 is 10.2 Å². The van der Waals surface area contributed by atoms with E-state index in [1.807, 2.05) is 55.7 Å². The van der Waals surface area contributed by atoms with E-state index in [4.69, 9.17) is 11.6 Å². The Morgan fingerprint density at radius 1 is 1.19 bits per heavy atom. The fourth-order valence-electron chi connectivity index (χ4n) is 2.94. The Labute approximate surface area is 164 Å². The summed E-state index contributed by atoms with van der Waals surface area (Å²) in [6.45, 7) is 7.21. The smallest absolute Gasteiger partial charge is 0.231 e. The Balaban J connectivity index is 2.07. The van der Waals surface area contributed by atoms with Gasteiger partial charge in [0.1, 0.15) is 6.73 Å². The van der Waals surface area contributed by atoms with Crippen molar-refractivity contribution in [3.63, 3.8) is 0 Å². The van der Waals surface area contributed by atoms with Gasteiger partial charge in [0, 0.05) is 19.1 Å². The Morgan fingerprint density at radius 2 is 1.93 bits per heavy atom. The molecule has 2 heterocycles. The molecule has 2 N–H and O–H groups in total. The van der Waals surface area contributed by atoms with E-state index in [0.717, 1.165) is 12.0 Å². The van der Waals surface area contributed by atoms with Crippen molar-refractivity contribution in [3.05, 3.63) is 41.2 Å². The second-order valence-corrected chi connectivity index (χ2v) is 6.97. The fourth-order valence-corrected chi connectivity index (χ4v) is 3.30. The highest BCUT2D eigenvalue weighted by molar-refractivity contribution is 6.29. The summed E-state index contributed by atoms with van der Waals surface area (Å²) in [7, 11) is 0. The van der Waals surface area contributed by atoms with Crippen molar-refractivity contribution in [2.75, 3.05) is 23.5 Å². The topological polar surface area (TPSA) is 79.1 Å². The maximum atomic E-state index is 9.74. The minimum absolute atomic E-state index is 0.0981. The molecular weight excluding hydrogens is 364 g/mol. The number of nitrogens with one attached hydrogen (secondary N) is 1. The Morgan fingerprint density at radius 3 is 2.56 bits per heavy atom. The summed E-state index contributed by atoms with van der Waals surface area (Å²) in [5, 5.41) is 13.5. The van der Waals surface area contributed by atoms with Crippen LogP contribution in [0.2, 0.25) is 5.28 Å². The second-order valence-electron chi connectivity index (χ2n) is 6.63. The number of hydrogen-bond acceptors (Lipinski definition) is 6. The average Bonchev–Trinajstić information content (AvgIpc) is 3.01. The van der Waals surface area contributed by atoms with Gasteiger partial charge < -0.3 is 15.3 Å². The second kappa shape index (κ2) is 8.54. The van der Waals surface area contributed by atoms with Gasteiger partial charge in [0.15, 0.2) is 17.0 Å². The van der Waals surface area contributed by atoms with E-state index >= 15 is 0 Å². The lowest BCUT2D eigenvalue weighted by Crippen LogP contribution is -2.27. The van der Waals surface area contributed by atoms with Crippen LogP contribution in [0.25, 0.3) is 11.2 Å². The van der Waals surface area contributed by atoms with Gasteiger partial charge in [-0.15, -0.1) is 0 Å². The van der Waals surface area contributed by atoms with Crippen LogP contribution in [-0.4, -0.2) is 37.9 Å². The van der Waals surface area contributed by atoms with Crippen LogP contribution in [0, 0.1) is 0 Å². The predicted octanol–water partition coefficient (Wildman–Crippen LogP) is 3.84. The molecule has 0 atom stereocenters. The molecule has 0 amide bonds. The maximum absolute atomic E-state index is 9.74. The summed E-state index contributed by atoms with van der Waals surface area (Å²) >= 11 is 6.37. The predicted molar refractivity (Wildman–Crippen MR) is 109 cm³/mol. The summed E-state index contributed by atoms with van der Waals surface area (Å²) < 4.78 is 1.87. The number of halogens is 1. The third-order valence-electron chi connectivity index (χ3n) is 4.25. The number of aliphatic hydroxyl groups is 1. The van der Waals surface area contributed by atoms with E-state index in [1.165, 1.54) is 0 Å². The molecule has 8 heteroatoms. The van der Waals surface area contributed by atoms with Gasteiger partial charge in [-0.25, -0.2) is 4.98 Å². The van der Waals surface area contributed by atoms with Crippen LogP contribution in [0.4, 0.5) is 11.8 Å². The Kier molecular flexibility index (Phi) is 6.13. The molecule has 144 valence electrons. The molecule has 0 radical (unpaired) electrons. The lowest BCUT2D eigenvalue weighted by Gasteiger charge is -2.20. The van der Waals surface area contributed by atoms with E-state index in [1.54, 1.807) is 4.90 Å². The van der Waals surface area contributed by atoms with Crippen LogP contribution in [0.1, 0.15) is 38.8 Å². The molecule has 7 nitrogen and oxygen atoms in total. The van der Waals surface area contributed by atoms with E-state index in [-0.39, 0.29) is 12.8 Å². The summed E-state index contributed by atoms with van der Waals surface area (Å²) in [6, 6.07) is 10.2. The Hall–Kier alpha value is -2.38. The zero-order valence-corrected chi connectivity index (χ0v) is 16.6. The lowest BCUT2D eigenvalue weighted by atomic mass is 10.2. The minimum Gasteiger partial charge on any atom is -0.376 e. The molecule has 1 aromatic carbocycles. The number of rotatable bonds is 8. The van der Waals surface area contributed by atoms with Crippen LogP contribution in [0.15, 0.2) is 30.3 Å². The number of fused-ring (bicyclic) bond motifs is 1. The first-order valence-corrected chi connectivity index (χ1v) is 9.52. The van der Waals surface area contributed by atoms with Gasteiger partial charge in [-0.05, 0) is 37.4 Å². The molecular formula is C19H25ClN6O. The molecule has 0 aliphatic carbocycles. The SMILES string of the molecule is CCCN(CO)c1nc(NCc2ccccc2)c2nc(Cl)n(C(C)C)c2n1. The van der Waals surface area contributed by atoms with Gasteiger partial charge in [0.2, 0.25) is 11.2 Å². The van der Waals surface area contributed by atoms with Crippen molar-refractivity contribution < 1.29 is 5.11 Å². The summed E-state index contributed by atoms with van der Waals surface area (Å²) in [5.74, 6) is 1.07. The summed E-state index contributed by atoms with van der Waals surface area (Å²) in [4.78, 5) is 15.5. The average molecular weight is 389 g/mol. The van der Waals surface area contributed by atoms with E-state index < -0.39 is 0 Å². The highest BCUT2D eigenvalue weighted by Crippen LogP contribution is 2.29. The molecule has 3 rings (SSSR count). The number of aromatic nitrogens is 4. The lowest BCUT2D eigenvalue weighted by molar-refractivity contribution is 0.288. The molecule has 2 aromatic heterocycles. The van der Waals surface area contributed by atoms with Gasteiger partial charge in [-0.2, -0.15) is 9.97 Å². The summed E-state index contributed by atoms with van der Waals surface area (Å²) in [5.41, 5.74) is 2.42.